The number of benzene rings is 1. The van der Waals surface area contributed by atoms with E-state index >= 15 is 8.78 Å². The first-order chi connectivity index (χ1) is 18.0. The summed E-state index contributed by atoms with van der Waals surface area (Å²) < 4.78 is 41.7. The second-order valence-corrected chi connectivity index (χ2v) is 11.0. The van der Waals surface area contributed by atoms with Crippen molar-refractivity contribution in [2.24, 2.45) is 5.92 Å². The molecule has 0 saturated carbocycles. The van der Waals surface area contributed by atoms with Crippen molar-refractivity contribution < 1.29 is 18.3 Å². The van der Waals surface area contributed by atoms with Gasteiger partial charge in [0.15, 0.2) is 11.6 Å². The number of fused-ring (bicyclic) bond motifs is 1. The van der Waals surface area contributed by atoms with Crippen LogP contribution in [0.3, 0.4) is 0 Å². The lowest BCUT2D eigenvalue weighted by atomic mass is 9.80. The second kappa shape index (κ2) is 16.3. The van der Waals surface area contributed by atoms with Gasteiger partial charge in [0.2, 0.25) is 0 Å². The predicted molar refractivity (Wildman–Crippen MR) is 149 cm³/mol. The topological polar surface area (TPSA) is 31.4 Å². The molecule has 1 aliphatic carbocycles. The number of ether oxygens (including phenoxy) is 2. The van der Waals surface area contributed by atoms with Crippen LogP contribution in [0, 0.1) is 17.6 Å². The van der Waals surface area contributed by atoms with Gasteiger partial charge in [-0.25, -0.2) is 8.78 Å². The third-order valence-electron chi connectivity index (χ3n) is 7.32. The Bertz CT molecular complexity index is 938. The minimum Gasteiger partial charge on any atom is -0.490 e. The van der Waals surface area contributed by atoms with E-state index in [4.69, 9.17) is 21.1 Å². The fourth-order valence-electron chi connectivity index (χ4n) is 5.03. The van der Waals surface area contributed by atoms with E-state index in [1.807, 2.05) is 0 Å². The van der Waals surface area contributed by atoms with E-state index in [-0.39, 0.29) is 10.9 Å². The maximum atomic E-state index is 15.2. The zero-order valence-corrected chi connectivity index (χ0v) is 23.4. The van der Waals surface area contributed by atoms with Crippen LogP contribution < -0.4 is 4.74 Å². The third kappa shape index (κ3) is 9.51. The molecule has 0 aliphatic heterocycles. The molecule has 2 unspecified atom stereocenters. The average Bonchev–Trinajstić information content (AvgIpc) is 2.92. The van der Waals surface area contributed by atoms with E-state index in [0.717, 1.165) is 83.0 Å². The summed E-state index contributed by atoms with van der Waals surface area (Å²) >= 11 is 6.28. The standard InChI is InChI=1S/C31H44ClF2NO2/c1-3-5-9-17-36-18-10-7-8-11-23-13-14-24-20-28(31(34)30(33)27(24)19-23)29-16-15-26(21-35-29)37-22-25(32)12-6-4-2/h15-16,20-21,23,25H,3-14,17-19,22H2,1-2H3. The Morgan fingerprint density at radius 2 is 1.78 bits per heavy atom. The van der Waals surface area contributed by atoms with Crippen LogP contribution in [-0.2, 0) is 17.6 Å². The molecule has 0 saturated heterocycles. The average molecular weight is 536 g/mol. The number of nitrogens with zero attached hydrogens (tertiary/aromatic N) is 1. The van der Waals surface area contributed by atoms with Gasteiger partial charge < -0.3 is 9.47 Å². The number of hydrogen-bond donors (Lipinski definition) is 0. The summed E-state index contributed by atoms with van der Waals surface area (Å²) in [6, 6.07) is 5.23. The summed E-state index contributed by atoms with van der Waals surface area (Å²) in [6.07, 6.45) is 15.0. The molecule has 2 aromatic rings. The van der Waals surface area contributed by atoms with Gasteiger partial charge in [-0.05, 0) is 73.8 Å². The van der Waals surface area contributed by atoms with Crippen LogP contribution in [0.4, 0.5) is 8.78 Å². The van der Waals surface area contributed by atoms with Crippen LogP contribution in [0.5, 0.6) is 5.75 Å². The minimum absolute atomic E-state index is 0.0509. The molecule has 0 fully saturated rings. The van der Waals surface area contributed by atoms with E-state index in [2.05, 4.69) is 18.8 Å². The molecule has 206 valence electrons. The monoisotopic (exact) mass is 535 g/mol. The Kier molecular flexibility index (Phi) is 13.1. The molecule has 1 aliphatic rings. The fraction of sp³-hybridized carbons (Fsp3) is 0.645. The Hall–Kier alpha value is -1.72. The van der Waals surface area contributed by atoms with Crippen LogP contribution in [0.2, 0.25) is 0 Å². The van der Waals surface area contributed by atoms with Crippen molar-refractivity contribution in [3.8, 4) is 17.0 Å². The first kappa shape index (κ1) is 29.8. The fourth-order valence-corrected chi connectivity index (χ4v) is 5.25. The van der Waals surface area contributed by atoms with E-state index < -0.39 is 11.6 Å². The van der Waals surface area contributed by atoms with Gasteiger partial charge in [0, 0.05) is 18.8 Å². The molecule has 3 nitrogen and oxygen atoms in total. The summed E-state index contributed by atoms with van der Waals surface area (Å²) in [4.78, 5) is 4.36. The van der Waals surface area contributed by atoms with E-state index in [9.17, 15) is 0 Å². The zero-order chi connectivity index (χ0) is 26.5. The van der Waals surface area contributed by atoms with Crippen LogP contribution in [-0.4, -0.2) is 30.2 Å². The summed E-state index contributed by atoms with van der Waals surface area (Å²) in [6.45, 7) is 6.41. The highest BCUT2D eigenvalue weighted by Gasteiger charge is 2.26. The predicted octanol–water partition coefficient (Wildman–Crippen LogP) is 9.08. The van der Waals surface area contributed by atoms with Gasteiger partial charge >= 0.3 is 0 Å². The van der Waals surface area contributed by atoms with E-state index in [1.165, 1.54) is 12.8 Å². The summed E-state index contributed by atoms with van der Waals surface area (Å²) in [5.74, 6) is -0.520. The van der Waals surface area contributed by atoms with Crippen LogP contribution >= 0.6 is 11.6 Å². The van der Waals surface area contributed by atoms with Crippen LogP contribution in [0.25, 0.3) is 11.3 Å². The lowest BCUT2D eigenvalue weighted by molar-refractivity contribution is 0.125. The first-order valence-electron chi connectivity index (χ1n) is 14.3. The molecule has 2 atom stereocenters. The van der Waals surface area contributed by atoms with Gasteiger partial charge in [-0.3, -0.25) is 4.98 Å². The highest BCUT2D eigenvalue weighted by atomic mass is 35.5. The van der Waals surface area contributed by atoms with Crippen LogP contribution in [0.1, 0.15) is 95.6 Å². The van der Waals surface area contributed by atoms with Crippen molar-refractivity contribution in [2.45, 2.75) is 103 Å². The maximum absolute atomic E-state index is 15.2. The molecule has 0 amide bonds. The molecule has 37 heavy (non-hydrogen) atoms. The zero-order valence-electron chi connectivity index (χ0n) is 22.7. The number of halogens is 3. The molecule has 1 aromatic carbocycles. The lowest BCUT2D eigenvalue weighted by Crippen LogP contribution is -2.17. The highest BCUT2D eigenvalue weighted by molar-refractivity contribution is 6.20. The number of pyridine rings is 1. The molecule has 1 heterocycles. The quantitative estimate of drug-likeness (QED) is 0.149. The smallest absolute Gasteiger partial charge is 0.168 e. The molecular formula is C31H44ClF2NO2. The van der Waals surface area contributed by atoms with Crippen molar-refractivity contribution in [1.82, 2.24) is 4.98 Å². The normalized spacial score (nSPS) is 16.0. The van der Waals surface area contributed by atoms with Gasteiger partial charge in [-0.2, -0.15) is 0 Å². The Morgan fingerprint density at radius 1 is 1.00 bits per heavy atom. The van der Waals surface area contributed by atoms with Gasteiger partial charge in [-0.15, -0.1) is 11.6 Å². The maximum Gasteiger partial charge on any atom is 0.168 e. The van der Waals surface area contributed by atoms with E-state index in [1.54, 1.807) is 24.4 Å². The molecule has 6 heteroatoms. The molecule has 0 spiro atoms. The third-order valence-corrected chi connectivity index (χ3v) is 7.67. The number of unbranched alkanes of at least 4 members (excludes halogenated alkanes) is 5. The van der Waals surface area contributed by atoms with Crippen molar-refractivity contribution in [2.75, 3.05) is 19.8 Å². The van der Waals surface area contributed by atoms with Crippen molar-refractivity contribution in [1.29, 1.82) is 0 Å². The molecular weight excluding hydrogens is 492 g/mol. The molecule has 1 aromatic heterocycles. The SMILES string of the molecule is CCCCCOCCCCCC1CCc2cc(-c3ccc(OCC(Cl)CCCC)cn3)c(F)c(F)c2C1. The largest absolute Gasteiger partial charge is 0.490 e. The second-order valence-electron chi connectivity index (χ2n) is 10.4. The number of alkyl halides is 1. The summed E-state index contributed by atoms with van der Waals surface area (Å²) in [5.41, 5.74) is 2.10. The Morgan fingerprint density at radius 3 is 2.51 bits per heavy atom. The molecule has 0 N–H and O–H groups in total. The molecule has 3 rings (SSSR count). The summed E-state index contributed by atoms with van der Waals surface area (Å²) in [5, 5.41) is -0.0509. The Labute approximate surface area is 227 Å². The van der Waals surface area contributed by atoms with Crippen molar-refractivity contribution >= 4 is 11.6 Å². The van der Waals surface area contributed by atoms with Gasteiger partial charge in [0.1, 0.15) is 12.4 Å². The van der Waals surface area contributed by atoms with Crippen molar-refractivity contribution in [3.63, 3.8) is 0 Å². The van der Waals surface area contributed by atoms with Gasteiger partial charge in [-0.1, -0.05) is 58.8 Å². The molecule has 0 bridgehead atoms. The summed E-state index contributed by atoms with van der Waals surface area (Å²) in [7, 11) is 0. The number of aromatic nitrogens is 1. The number of aryl methyl sites for hydroxylation is 1. The highest BCUT2D eigenvalue weighted by Crippen LogP contribution is 2.36. The lowest BCUT2D eigenvalue weighted by Gasteiger charge is -2.26. The van der Waals surface area contributed by atoms with Crippen molar-refractivity contribution in [3.05, 3.63) is 47.2 Å². The minimum atomic E-state index is -0.804. The number of hydrogen-bond acceptors (Lipinski definition) is 3. The van der Waals surface area contributed by atoms with E-state index in [0.29, 0.717) is 36.0 Å². The number of rotatable bonds is 17. The van der Waals surface area contributed by atoms with Gasteiger partial charge in [0.25, 0.3) is 0 Å². The first-order valence-corrected chi connectivity index (χ1v) is 14.8. The van der Waals surface area contributed by atoms with Crippen LogP contribution in [0.15, 0.2) is 24.4 Å². The van der Waals surface area contributed by atoms with Gasteiger partial charge in [0.05, 0.1) is 17.3 Å². The molecule has 0 radical (unpaired) electrons. The Balaban J connectivity index is 1.50.